The van der Waals surface area contributed by atoms with E-state index in [0.29, 0.717) is 5.82 Å². The lowest BCUT2D eigenvalue weighted by molar-refractivity contribution is 0.628. The number of benzene rings is 1. The summed E-state index contributed by atoms with van der Waals surface area (Å²) in [6.07, 6.45) is 1.73. The highest BCUT2D eigenvalue weighted by atomic mass is 32.1. The maximum atomic E-state index is 13.1. The highest BCUT2D eigenvalue weighted by molar-refractivity contribution is 7.18. The average molecular weight is 298 g/mol. The first-order chi connectivity index (χ1) is 10.1. The van der Waals surface area contributed by atoms with Gasteiger partial charge in [0.05, 0.1) is 5.39 Å². The highest BCUT2D eigenvalue weighted by Crippen LogP contribution is 2.32. The number of halogens is 1. The molecule has 0 unspecified atom stereocenters. The summed E-state index contributed by atoms with van der Waals surface area (Å²) in [5, 5.41) is 9.60. The Balaban J connectivity index is 2.04. The molecule has 0 radical (unpaired) electrons. The second kappa shape index (κ2) is 4.33. The van der Waals surface area contributed by atoms with Gasteiger partial charge in [0.25, 0.3) is 0 Å². The van der Waals surface area contributed by atoms with Crippen molar-refractivity contribution in [3.8, 4) is 11.4 Å². The van der Waals surface area contributed by atoms with Gasteiger partial charge in [0.2, 0.25) is 0 Å². The predicted octanol–water partition coefficient (Wildman–Crippen LogP) is 3.76. The summed E-state index contributed by atoms with van der Waals surface area (Å²) in [4.78, 5) is 6.70. The molecule has 0 spiro atoms. The number of hydrogen-bond donors (Lipinski definition) is 0. The number of fused-ring (bicyclic) bond motifs is 3. The molecule has 3 aromatic heterocycles. The van der Waals surface area contributed by atoms with Gasteiger partial charge in [-0.25, -0.2) is 9.37 Å². The van der Waals surface area contributed by atoms with Gasteiger partial charge >= 0.3 is 0 Å². The van der Waals surface area contributed by atoms with Crippen molar-refractivity contribution in [2.24, 2.45) is 0 Å². The Labute approximate surface area is 123 Å². The van der Waals surface area contributed by atoms with E-state index in [4.69, 9.17) is 0 Å². The molecule has 0 N–H and O–H groups in total. The molecule has 0 atom stereocenters. The van der Waals surface area contributed by atoms with E-state index < -0.39 is 0 Å². The van der Waals surface area contributed by atoms with Gasteiger partial charge in [-0.15, -0.1) is 21.5 Å². The van der Waals surface area contributed by atoms with Gasteiger partial charge in [-0.05, 0) is 43.7 Å². The average Bonchev–Trinajstić information content (AvgIpc) is 3.02. The second-order valence-corrected chi connectivity index (χ2v) is 6.14. The Morgan fingerprint density at radius 3 is 2.62 bits per heavy atom. The smallest absolute Gasteiger partial charge is 0.172 e. The summed E-state index contributed by atoms with van der Waals surface area (Å²) in [6, 6.07) is 6.23. The molecule has 0 aliphatic carbocycles. The summed E-state index contributed by atoms with van der Waals surface area (Å²) >= 11 is 1.66. The molecule has 6 heteroatoms. The fourth-order valence-electron chi connectivity index (χ4n) is 2.44. The molecule has 0 bridgehead atoms. The number of hydrogen-bond acceptors (Lipinski definition) is 4. The highest BCUT2D eigenvalue weighted by Gasteiger charge is 2.15. The summed E-state index contributed by atoms with van der Waals surface area (Å²) in [6.45, 7) is 4.15. The van der Waals surface area contributed by atoms with Crippen LogP contribution in [0, 0.1) is 19.7 Å². The van der Waals surface area contributed by atoms with Gasteiger partial charge in [-0.3, -0.25) is 4.40 Å². The van der Waals surface area contributed by atoms with Crippen LogP contribution in [0.15, 0.2) is 30.6 Å². The maximum Gasteiger partial charge on any atom is 0.172 e. The van der Waals surface area contributed by atoms with Crippen molar-refractivity contribution in [3.05, 3.63) is 46.9 Å². The normalized spacial score (nSPS) is 11.6. The first-order valence-corrected chi connectivity index (χ1v) is 7.32. The molecule has 4 aromatic rings. The van der Waals surface area contributed by atoms with Crippen LogP contribution in [0.3, 0.4) is 0 Å². The third kappa shape index (κ3) is 1.76. The van der Waals surface area contributed by atoms with Crippen molar-refractivity contribution in [2.45, 2.75) is 13.8 Å². The SMILES string of the molecule is Cc1sc2ncn3c(-c4ccc(F)cc4)nnc3c2c1C. The van der Waals surface area contributed by atoms with Crippen LogP contribution >= 0.6 is 11.3 Å². The zero-order valence-corrected chi connectivity index (χ0v) is 12.3. The van der Waals surface area contributed by atoms with E-state index in [9.17, 15) is 4.39 Å². The Morgan fingerprint density at radius 1 is 1.10 bits per heavy atom. The summed E-state index contributed by atoms with van der Waals surface area (Å²) in [5.41, 5.74) is 2.79. The lowest BCUT2D eigenvalue weighted by atomic mass is 10.2. The molecule has 0 saturated heterocycles. The van der Waals surface area contributed by atoms with Crippen LogP contribution in [0.2, 0.25) is 0 Å². The number of rotatable bonds is 1. The zero-order valence-electron chi connectivity index (χ0n) is 11.5. The van der Waals surface area contributed by atoms with Crippen LogP contribution in [-0.2, 0) is 0 Å². The van der Waals surface area contributed by atoms with Gasteiger partial charge in [0, 0.05) is 10.4 Å². The molecule has 0 saturated carbocycles. The second-order valence-electron chi connectivity index (χ2n) is 4.93. The molecule has 0 fully saturated rings. The van der Waals surface area contributed by atoms with Crippen LogP contribution < -0.4 is 0 Å². The van der Waals surface area contributed by atoms with Gasteiger partial charge in [0.15, 0.2) is 11.5 Å². The summed E-state index contributed by atoms with van der Waals surface area (Å²) in [7, 11) is 0. The van der Waals surface area contributed by atoms with E-state index in [1.165, 1.54) is 22.6 Å². The Hall–Kier alpha value is -2.34. The van der Waals surface area contributed by atoms with Crippen molar-refractivity contribution >= 4 is 27.2 Å². The molecule has 0 aliphatic rings. The fraction of sp³-hybridized carbons (Fsp3) is 0.133. The van der Waals surface area contributed by atoms with Crippen LogP contribution in [0.25, 0.3) is 27.3 Å². The molecule has 4 nitrogen and oxygen atoms in total. The summed E-state index contributed by atoms with van der Waals surface area (Å²) < 4.78 is 14.9. The largest absolute Gasteiger partial charge is 0.265 e. The lowest BCUT2D eigenvalue weighted by Crippen LogP contribution is -1.92. The molecule has 0 amide bonds. The van der Waals surface area contributed by atoms with Gasteiger partial charge in [0.1, 0.15) is 17.0 Å². The van der Waals surface area contributed by atoms with Gasteiger partial charge in [-0.1, -0.05) is 0 Å². The minimum absolute atomic E-state index is 0.266. The first kappa shape index (κ1) is 12.4. The number of thiophene rings is 1. The summed E-state index contributed by atoms with van der Waals surface area (Å²) in [5.74, 6) is 0.403. The van der Waals surface area contributed by atoms with E-state index in [-0.39, 0.29) is 5.82 Å². The van der Waals surface area contributed by atoms with E-state index in [0.717, 1.165) is 21.4 Å². The minimum atomic E-state index is -0.266. The minimum Gasteiger partial charge on any atom is -0.265 e. The molecule has 4 rings (SSSR count). The van der Waals surface area contributed by atoms with Crippen molar-refractivity contribution in [2.75, 3.05) is 0 Å². The number of aryl methyl sites for hydroxylation is 2. The topological polar surface area (TPSA) is 43.1 Å². The van der Waals surface area contributed by atoms with Crippen LogP contribution in [0.5, 0.6) is 0 Å². The molecule has 1 aromatic carbocycles. The van der Waals surface area contributed by atoms with E-state index in [1.54, 1.807) is 29.8 Å². The molecule has 0 aliphatic heterocycles. The number of nitrogens with zero attached hydrogens (tertiary/aromatic N) is 4. The zero-order chi connectivity index (χ0) is 14.6. The molecule has 3 heterocycles. The quantitative estimate of drug-likeness (QED) is 0.537. The lowest BCUT2D eigenvalue weighted by Gasteiger charge is -2.00. The van der Waals surface area contributed by atoms with Crippen LogP contribution in [-0.4, -0.2) is 19.6 Å². The van der Waals surface area contributed by atoms with Gasteiger partial charge < -0.3 is 0 Å². The third-order valence-corrected chi connectivity index (χ3v) is 4.79. The predicted molar refractivity (Wildman–Crippen MR) is 81.0 cm³/mol. The van der Waals surface area contributed by atoms with Crippen molar-refractivity contribution in [1.82, 2.24) is 19.6 Å². The Bertz CT molecular complexity index is 969. The van der Waals surface area contributed by atoms with Gasteiger partial charge in [-0.2, -0.15) is 0 Å². The standard InChI is InChI=1S/C15H11FN4S/c1-8-9(2)21-15-12(8)14-19-18-13(20(14)7-17-15)10-3-5-11(16)6-4-10/h3-7H,1-2H3. The van der Waals surface area contributed by atoms with Crippen molar-refractivity contribution in [3.63, 3.8) is 0 Å². The molecular formula is C15H11FN4S. The number of aromatic nitrogens is 4. The molecule has 21 heavy (non-hydrogen) atoms. The maximum absolute atomic E-state index is 13.1. The molecular weight excluding hydrogens is 287 g/mol. The Morgan fingerprint density at radius 2 is 1.86 bits per heavy atom. The van der Waals surface area contributed by atoms with Crippen molar-refractivity contribution in [1.29, 1.82) is 0 Å². The van der Waals surface area contributed by atoms with E-state index in [1.807, 2.05) is 4.40 Å². The van der Waals surface area contributed by atoms with Crippen LogP contribution in [0.4, 0.5) is 4.39 Å². The molecule has 104 valence electrons. The van der Waals surface area contributed by atoms with E-state index in [2.05, 4.69) is 29.0 Å². The van der Waals surface area contributed by atoms with Crippen LogP contribution in [0.1, 0.15) is 10.4 Å². The monoisotopic (exact) mass is 298 g/mol. The Kier molecular flexibility index (Phi) is 2.56. The fourth-order valence-corrected chi connectivity index (χ4v) is 3.43. The van der Waals surface area contributed by atoms with E-state index >= 15 is 0 Å². The van der Waals surface area contributed by atoms with Crippen molar-refractivity contribution < 1.29 is 4.39 Å². The third-order valence-electron chi connectivity index (χ3n) is 3.68. The first-order valence-electron chi connectivity index (χ1n) is 6.50.